The van der Waals surface area contributed by atoms with Crippen LogP contribution in [0, 0.1) is 5.92 Å². The molecule has 0 aliphatic carbocycles. The summed E-state index contributed by atoms with van der Waals surface area (Å²) in [5.74, 6) is 1.38. The van der Waals surface area contributed by atoms with Crippen LogP contribution in [-0.4, -0.2) is 82.9 Å². The van der Waals surface area contributed by atoms with Crippen LogP contribution in [0.3, 0.4) is 0 Å². The van der Waals surface area contributed by atoms with Gasteiger partial charge in [0.25, 0.3) is 5.91 Å². The quantitative estimate of drug-likeness (QED) is 0.779. The van der Waals surface area contributed by atoms with E-state index in [1.807, 2.05) is 19.0 Å². The minimum atomic E-state index is -0.0519. The number of methoxy groups -OCH3 is 1. The normalized spacial score (nSPS) is 18.1. The fourth-order valence-electron chi connectivity index (χ4n) is 2.96. The number of amides is 1. The van der Waals surface area contributed by atoms with Gasteiger partial charge in [-0.1, -0.05) is 0 Å². The number of carbonyl (C=O) groups is 1. The van der Waals surface area contributed by atoms with Gasteiger partial charge in [0.1, 0.15) is 18.1 Å². The number of rotatable bonds is 7. The Morgan fingerprint density at radius 3 is 2.92 bits per heavy atom. The van der Waals surface area contributed by atoms with E-state index in [4.69, 9.17) is 19.9 Å². The summed E-state index contributed by atoms with van der Waals surface area (Å²) in [6, 6.07) is 5.25. The number of carbonyl (C=O) groups excluding carboxylic acids is 1. The second-order valence-corrected chi connectivity index (χ2v) is 6.45. The molecule has 1 heterocycles. The summed E-state index contributed by atoms with van der Waals surface area (Å²) < 4.78 is 16.6. The molecular weight excluding hydrogens is 322 g/mol. The van der Waals surface area contributed by atoms with Gasteiger partial charge in [-0.05, 0) is 26.2 Å². The van der Waals surface area contributed by atoms with Crippen molar-refractivity contribution in [2.75, 3.05) is 67.2 Å². The van der Waals surface area contributed by atoms with Crippen LogP contribution >= 0.6 is 0 Å². The molecule has 0 spiro atoms. The number of nitrogens with zero attached hydrogens (tertiary/aromatic N) is 2. The average Bonchev–Trinajstić information content (AvgIpc) is 2.84. The predicted molar refractivity (Wildman–Crippen MR) is 96.3 cm³/mol. The first-order chi connectivity index (χ1) is 12.0. The van der Waals surface area contributed by atoms with E-state index in [1.165, 1.54) is 0 Å². The highest BCUT2D eigenvalue weighted by Crippen LogP contribution is 2.26. The Kier molecular flexibility index (Phi) is 7.49. The number of hydrogen-bond donors (Lipinski definition) is 1. The van der Waals surface area contributed by atoms with Gasteiger partial charge in [0, 0.05) is 38.2 Å². The molecule has 1 aliphatic rings. The summed E-state index contributed by atoms with van der Waals surface area (Å²) >= 11 is 0. The molecule has 7 nitrogen and oxygen atoms in total. The van der Waals surface area contributed by atoms with Crippen molar-refractivity contribution in [2.45, 2.75) is 0 Å². The van der Waals surface area contributed by atoms with E-state index in [-0.39, 0.29) is 11.8 Å². The fourth-order valence-corrected chi connectivity index (χ4v) is 2.96. The van der Waals surface area contributed by atoms with Crippen molar-refractivity contribution < 1.29 is 19.0 Å². The smallest absolute Gasteiger partial charge is 0.257 e. The first kappa shape index (κ1) is 19.5. The van der Waals surface area contributed by atoms with Gasteiger partial charge >= 0.3 is 0 Å². The van der Waals surface area contributed by atoms with Crippen LogP contribution < -0.4 is 15.2 Å². The molecule has 0 radical (unpaired) electrons. The zero-order valence-corrected chi connectivity index (χ0v) is 15.4. The topological polar surface area (TPSA) is 77.3 Å². The van der Waals surface area contributed by atoms with Crippen LogP contribution in [-0.2, 0) is 4.74 Å². The zero-order valence-electron chi connectivity index (χ0n) is 15.4. The van der Waals surface area contributed by atoms with Crippen LogP contribution in [0.2, 0.25) is 0 Å². The second kappa shape index (κ2) is 9.60. The molecule has 1 saturated heterocycles. The van der Waals surface area contributed by atoms with Crippen LogP contribution in [0.1, 0.15) is 10.4 Å². The summed E-state index contributed by atoms with van der Waals surface area (Å²) in [4.78, 5) is 17.0. The third kappa shape index (κ3) is 5.59. The van der Waals surface area contributed by atoms with Crippen LogP contribution in [0.25, 0.3) is 0 Å². The molecule has 1 aromatic rings. The third-order valence-electron chi connectivity index (χ3n) is 4.04. The average molecular weight is 351 g/mol. The van der Waals surface area contributed by atoms with Gasteiger partial charge in [-0.3, -0.25) is 4.79 Å². The summed E-state index contributed by atoms with van der Waals surface area (Å²) in [7, 11) is 5.64. The molecule has 0 saturated carbocycles. The van der Waals surface area contributed by atoms with Crippen LogP contribution in [0.4, 0.5) is 0 Å². The molecule has 1 unspecified atom stereocenters. The predicted octanol–water partition coefficient (Wildman–Crippen LogP) is 0.683. The van der Waals surface area contributed by atoms with Gasteiger partial charge in [-0.2, -0.15) is 0 Å². The Hall–Kier alpha value is -1.83. The van der Waals surface area contributed by atoms with E-state index in [9.17, 15) is 4.79 Å². The van der Waals surface area contributed by atoms with Crippen molar-refractivity contribution in [2.24, 2.45) is 11.7 Å². The fraction of sp³-hybridized carbons (Fsp3) is 0.611. The zero-order chi connectivity index (χ0) is 18.2. The van der Waals surface area contributed by atoms with Crippen molar-refractivity contribution in [3.8, 4) is 11.5 Å². The molecule has 1 amide bonds. The Balaban J connectivity index is 2.19. The maximum atomic E-state index is 13.1. The lowest BCUT2D eigenvalue weighted by Gasteiger charge is -2.26. The van der Waals surface area contributed by atoms with E-state index in [2.05, 4.69) is 4.90 Å². The van der Waals surface area contributed by atoms with Crippen molar-refractivity contribution >= 4 is 5.91 Å². The summed E-state index contributed by atoms with van der Waals surface area (Å²) in [5, 5.41) is 0. The number of ether oxygens (including phenoxy) is 3. The first-order valence-corrected chi connectivity index (χ1v) is 8.57. The molecule has 1 aromatic carbocycles. The number of hydrogen-bond acceptors (Lipinski definition) is 6. The third-order valence-corrected chi connectivity index (χ3v) is 4.04. The van der Waals surface area contributed by atoms with E-state index in [0.717, 1.165) is 6.54 Å². The van der Waals surface area contributed by atoms with Gasteiger partial charge < -0.3 is 29.7 Å². The van der Waals surface area contributed by atoms with Gasteiger partial charge in [0.15, 0.2) is 0 Å². The van der Waals surface area contributed by atoms with Gasteiger partial charge in [0.2, 0.25) is 0 Å². The maximum absolute atomic E-state index is 13.1. The van der Waals surface area contributed by atoms with Gasteiger partial charge in [-0.15, -0.1) is 0 Å². The number of benzene rings is 1. The molecular formula is C18H29N3O4. The van der Waals surface area contributed by atoms with Crippen LogP contribution in [0.5, 0.6) is 11.5 Å². The first-order valence-electron chi connectivity index (χ1n) is 8.57. The summed E-state index contributed by atoms with van der Waals surface area (Å²) in [6.07, 6.45) is 0. The van der Waals surface area contributed by atoms with Crippen molar-refractivity contribution in [3.63, 3.8) is 0 Å². The minimum Gasteiger partial charge on any atom is -0.497 e. The summed E-state index contributed by atoms with van der Waals surface area (Å²) in [6.45, 7) is 4.06. The Bertz CT molecular complexity index is 565. The van der Waals surface area contributed by atoms with E-state index in [0.29, 0.717) is 56.5 Å². The molecule has 2 rings (SSSR count). The highest BCUT2D eigenvalue weighted by molar-refractivity contribution is 5.97. The maximum Gasteiger partial charge on any atom is 0.257 e. The highest BCUT2D eigenvalue weighted by atomic mass is 16.5. The largest absolute Gasteiger partial charge is 0.497 e. The molecule has 7 heteroatoms. The lowest BCUT2D eigenvalue weighted by Crippen LogP contribution is -2.38. The lowest BCUT2D eigenvalue weighted by molar-refractivity contribution is 0.0730. The Morgan fingerprint density at radius 2 is 2.24 bits per heavy atom. The lowest BCUT2D eigenvalue weighted by atomic mass is 10.1. The summed E-state index contributed by atoms with van der Waals surface area (Å²) in [5.41, 5.74) is 6.06. The molecule has 140 valence electrons. The minimum absolute atomic E-state index is 0.0519. The highest BCUT2D eigenvalue weighted by Gasteiger charge is 2.26. The SMILES string of the molecule is COc1ccc(C(=O)N2CCOCC(CN(C)C)C2)c(OCCN)c1. The number of nitrogens with two attached hydrogens (primary N) is 1. The molecule has 0 bridgehead atoms. The molecule has 2 N–H and O–H groups in total. The molecule has 0 aromatic heterocycles. The Morgan fingerprint density at radius 1 is 1.44 bits per heavy atom. The molecule has 1 fully saturated rings. The van der Waals surface area contributed by atoms with Crippen molar-refractivity contribution in [3.05, 3.63) is 23.8 Å². The molecule has 1 aliphatic heterocycles. The van der Waals surface area contributed by atoms with Crippen molar-refractivity contribution in [1.29, 1.82) is 0 Å². The van der Waals surface area contributed by atoms with Crippen LogP contribution in [0.15, 0.2) is 18.2 Å². The van der Waals surface area contributed by atoms with E-state index >= 15 is 0 Å². The van der Waals surface area contributed by atoms with E-state index in [1.54, 1.807) is 25.3 Å². The molecule has 1 atom stereocenters. The standard InChI is InChI=1S/C18H29N3O4/c1-20(2)11-14-12-21(7-9-24-13-14)18(22)16-5-4-15(23-3)10-17(16)25-8-6-19/h4-5,10,14H,6-9,11-13,19H2,1-3H3. The monoisotopic (exact) mass is 351 g/mol. The second-order valence-electron chi connectivity index (χ2n) is 6.45. The molecule has 25 heavy (non-hydrogen) atoms. The van der Waals surface area contributed by atoms with Gasteiger partial charge in [-0.25, -0.2) is 0 Å². The van der Waals surface area contributed by atoms with E-state index < -0.39 is 0 Å². The van der Waals surface area contributed by atoms with Gasteiger partial charge in [0.05, 0.1) is 25.9 Å². The Labute approximate surface area is 149 Å². The van der Waals surface area contributed by atoms with Crippen molar-refractivity contribution in [1.82, 2.24) is 9.80 Å².